The molecule has 0 aromatic heterocycles. The Labute approximate surface area is 152 Å². The summed E-state index contributed by atoms with van der Waals surface area (Å²) in [5.41, 5.74) is 6.04. The highest BCUT2D eigenvalue weighted by atomic mass is 19.3. The average molecular weight is 372 g/mol. The van der Waals surface area contributed by atoms with E-state index in [2.05, 4.69) is 4.74 Å². The van der Waals surface area contributed by atoms with Gasteiger partial charge >= 0.3 is 6.61 Å². The van der Waals surface area contributed by atoms with Crippen LogP contribution < -0.4 is 15.2 Å². The monoisotopic (exact) mass is 372 g/mol. The van der Waals surface area contributed by atoms with Gasteiger partial charge in [0.25, 0.3) is 0 Å². The van der Waals surface area contributed by atoms with E-state index >= 15 is 0 Å². The summed E-state index contributed by atoms with van der Waals surface area (Å²) in [4.78, 5) is 14.5. The van der Waals surface area contributed by atoms with E-state index < -0.39 is 12.0 Å². The minimum atomic E-state index is -2.93. The molecule has 26 heavy (non-hydrogen) atoms. The van der Waals surface area contributed by atoms with Gasteiger partial charge in [0.1, 0.15) is 0 Å². The van der Waals surface area contributed by atoms with Gasteiger partial charge in [-0.3, -0.25) is 4.79 Å². The molecule has 0 aliphatic carbocycles. The zero-order chi connectivity index (χ0) is 19.2. The Balaban J connectivity index is 2.13. The Morgan fingerprint density at radius 1 is 1.35 bits per heavy atom. The summed E-state index contributed by atoms with van der Waals surface area (Å²) in [5.74, 6) is 0.169. The quantitative estimate of drug-likeness (QED) is 0.759. The SMILES string of the molecule is CCOc1cc(CN(C)C(=O)C2(CN)CCOCC2)ccc1OC(F)F. The van der Waals surface area contributed by atoms with Crippen LogP contribution in [0.4, 0.5) is 8.78 Å². The number of alkyl halides is 2. The van der Waals surface area contributed by atoms with Crippen LogP contribution in [-0.4, -0.2) is 50.8 Å². The lowest BCUT2D eigenvalue weighted by atomic mass is 9.79. The summed E-state index contributed by atoms with van der Waals surface area (Å²) in [7, 11) is 1.71. The second kappa shape index (κ2) is 9.14. The van der Waals surface area contributed by atoms with Crippen LogP contribution in [0.15, 0.2) is 18.2 Å². The van der Waals surface area contributed by atoms with Gasteiger partial charge in [0, 0.05) is 33.4 Å². The molecule has 2 N–H and O–H groups in total. The fourth-order valence-electron chi connectivity index (χ4n) is 3.13. The third kappa shape index (κ3) is 4.82. The van der Waals surface area contributed by atoms with Gasteiger partial charge in [-0.05, 0) is 37.5 Å². The predicted molar refractivity (Wildman–Crippen MR) is 92.3 cm³/mol. The van der Waals surface area contributed by atoms with Crippen LogP contribution in [0.3, 0.4) is 0 Å². The highest BCUT2D eigenvalue weighted by molar-refractivity contribution is 5.83. The molecule has 2 rings (SSSR count). The van der Waals surface area contributed by atoms with Crippen molar-refractivity contribution in [1.29, 1.82) is 0 Å². The maximum atomic E-state index is 12.9. The van der Waals surface area contributed by atoms with Crippen LogP contribution in [0.5, 0.6) is 11.5 Å². The smallest absolute Gasteiger partial charge is 0.387 e. The van der Waals surface area contributed by atoms with E-state index in [1.165, 1.54) is 6.07 Å². The predicted octanol–water partition coefficient (Wildman–Crippen LogP) is 2.40. The number of ether oxygens (including phenoxy) is 3. The van der Waals surface area contributed by atoms with E-state index in [0.717, 1.165) is 5.56 Å². The number of carbonyl (C=O) groups excluding carboxylic acids is 1. The number of amides is 1. The Bertz CT molecular complexity index is 607. The van der Waals surface area contributed by atoms with E-state index in [-0.39, 0.29) is 24.0 Å². The number of nitrogens with zero attached hydrogens (tertiary/aromatic N) is 1. The van der Waals surface area contributed by atoms with Crippen LogP contribution >= 0.6 is 0 Å². The molecule has 1 fully saturated rings. The lowest BCUT2D eigenvalue weighted by molar-refractivity contribution is -0.146. The fraction of sp³-hybridized carbons (Fsp3) is 0.611. The first-order valence-corrected chi connectivity index (χ1v) is 8.66. The fourth-order valence-corrected chi connectivity index (χ4v) is 3.13. The van der Waals surface area contributed by atoms with Crippen molar-refractivity contribution in [3.8, 4) is 11.5 Å². The van der Waals surface area contributed by atoms with E-state index in [9.17, 15) is 13.6 Å². The topological polar surface area (TPSA) is 74.0 Å². The molecule has 1 amide bonds. The molecule has 1 heterocycles. The molecule has 0 radical (unpaired) electrons. The Morgan fingerprint density at radius 2 is 2.04 bits per heavy atom. The Hall–Kier alpha value is -1.93. The zero-order valence-corrected chi connectivity index (χ0v) is 15.2. The van der Waals surface area contributed by atoms with Crippen molar-refractivity contribution in [2.24, 2.45) is 11.1 Å². The van der Waals surface area contributed by atoms with Crippen molar-refractivity contribution in [3.05, 3.63) is 23.8 Å². The van der Waals surface area contributed by atoms with Gasteiger partial charge < -0.3 is 24.8 Å². The van der Waals surface area contributed by atoms with Gasteiger partial charge in [-0.15, -0.1) is 0 Å². The number of rotatable bonds is 8. The van der Waals surface area contributed by atoms with E-state index in [0.29, 0.717) is 39.2 Å². The molecule has 8 heteroatoms. The van der Waals surface area contributed by atoms with Gasteiger partial charge in [-0.1, -0.05) is 6.07 Å². The third-order valence-electron chi connectivity index (χ3n) is 4.58. The highest BCUT2D eigenvalue weighted by Gasteiger charge is 2.40. The molecule has 6 nitrogen and oxygen atoms in total. The maximum Gasteiger partial charge on any atom is 0.387 e. The maximum absolute atomic E-state index is 12.9. The molecule has 1 aliphatic rings. The van der Waals surface area contributed by atoms with Crippen molar-refractivity contribution in [1.82, 2.24) is 4.90 Å². The Morgan fingerprint density at radius 3 is 2.62 bits per heavy atom. The lowest BCUT2D eigenvalue weighted by Gasteiger charge is -2.37. The molecule has 0 saturated carbocycles. The van der Waals surface area contributed by atoms with Crippen LogP contribution in [0.2, 0.25) is 0 Å². The molecule has 1 saturated heterocycles. The van der Waals surface area contributed by atoms with Crippen molar-refractivity contribution >= 4 is 5.91 Å². The average Bonchev–Trinajstić information content (AvgIpc) is 2.63. The number of hydrogen-bond donors (Lipinski definition) is 1. The summed E-state index contributed by atoms with van der Waals surface area (Å²) in [6.45, 7) is 0.762. The summed E-state index contributed by atoms with van der Waals surface area (Å²) < 4.78 is 40.2. The van der Waals surface area contributed by atoms with Gasteiger partial charge in [0.05, 0.1) is 12.0 Å². The van der Waals surface area contributed by atoms with E-state index in [1.807, 2.05) is 0 Å². The molecule has 0 bridgehead atoms. The molecule has 0 unspecified atom stereocenters. The normalized spacial score (nSPS) is 16.4. The van der Waals surface area contributed by atoms with E-state index in [1.54, 1.807) is 31.0 Å². The van der Waals surface area contributed by atoms with Crippen molar-refractivity contribution in [2.45, 2.75) is 32.9 Å². The van der Waals surface area contributed by atoms with Gasteiger partial charge in [-0.25, -0.2) is 0 Å². The largest absolute Gasteiger partial charge is 0.490 e. The molecular formula is C18H26F2N2O4. The van der Waals surface area contributed by atoms with Crippen molar-refractivity contribution in [3.63, 3.8) is 0 Å². The molecule has 1 aromatic rings. The van der Waals surface area contributed by atoms with Crippen molar-refractivity contribution < 1.29 is 27.8 Å². The lowest BCUT2D eigenvalue weighted by Crippen LogP contribution is -2.49. The second-order valence-corrected chi connectivity index (χ2v) is 6.35. The molecule has 0 spiro atoms. The summed E-state index contributed by atoms with van der Waals surface area (Å²) in [6.07, 6.45) is 1.19. The van der Waals surface area contributed by atoms with Gasteiger partial charge in [0.2, 0.25) is 5.91 Å². The second-order valence-electron chi connectivity index (χ2n) is 6.35. The number of hydrogen-bond acceptors (Lipinski definition) is 5. The van der Waals surface area contributed by atoms with Crippen LogP contribution in [-0.2, 0) is 16.1 Å². The first kappa shape index (κ1) is 20.4. The van der Waals surface area contributed by atoms with Crippen LogP contribution in [0, 0.1) is 5.41 Å². The highest BCUT2D eigenvalue weighted by Crippen LogP contribution is 2.33. The summed E-state index contributed by atoms with van der Waals surface area (Å²) in [6, 6.07) is 4.69. The summed E-state index contributed by atoms with van der Waals surface area (Å²) >= 11 is 0. The van der Waals surface area contributed by atoms with Crippen LogP contribution in [0.1, 0.15) is 25.3 Å². The molecule has 1 aliphatic heterocycles. The molecular weight excluding hydrogens is 346 g/mol. The standard InChI is InChI=1S/C18H26F2N2O4/c1-3-25-15-10-13(4-5-14(15)26-17(19)20)11-22(2)16(23)18(12-21)6-8-24-9-7-18/h4-5,10,17H,3,6-9,11-12,21H2,1-2H3. The first-order valence-electron chi connectivity index (χ1n) is 8.66. The number of carbonyl (C=O) groups is 1. The first-order chi connectivity index (χ1) is 12.4. The van der Waals surface area contributed by atoms with Crippen molar-refractivity contribution in [2.75, 3.05) is 33.4 Å². The minimum absolute atomic E-state index is 0.0255. The molecule has 1 aromatic carbocycles. The Kier molecular flexibility index (Phi) is 7.16. The minimum Gasteiger partial charge on any atom is -0.490 e. The van der Waals surface area contributed by atoms with Crippen LogP contribution in [0.25, 0.3) is 0 Å². The van der Waals surface area contributed by atoms with Gasteiger partial charge in [0.15, 0.2) is 11.5 Å². The zero-order valence-electron chi connectivity index (χ0n) is 15.2. The third-order valence-corrected chi connectivity index (χ3v) is 4.58. The molecule has 0 atom stereocenters. The number of halogens is 2. The number of nitrogens with two attached hydrogens (primary N) is 1. The number of benzene rings is 1. The van der Waals surface area contributed by atoms with Gasteiger partial charge in [-0.2, -0.15) is 8.78 Å². The molecule has 146 valence electrons. The summed E-state index contributed by atoms with van der Waals surface area (Å²) in [5, 5.41) is 0. The van der Waals surface area contributed by atoms with E-state index in [4.69, 9.17) is 15.2 Å².